The van der Waals surface area contributed by atoms with E-state index in [4.69, 9.17) is 11.6 Å². The molecule has 0 radical (unpaired) electrons. The molecule has 4 aromatic rings. The average Bonchev–Trinajstić information content (AvgIpc) is 3.19. The van der Waals surface area contributed by atoms with E-state index in [2.05, 4.69) is 4.98 Å². The first-order chi connectivity index (χ1) is 13.8. The second-order valence-corrected chi connectivity index (χ2v) is 7.62. The SMILES string of the molecule is Cc1c(C)n2c3c(=O)n(Cc4cccc(Cl)c4)c(=O)n(C)c3nc2n1CCCO. The minimum atomic E-state index is -0.431. The molecule has 1 aromatic carbocycles. The van der Waals surface area contributed by atoms with Crippen LogP contribution >= 0.6 is 11.6 Å². The molecule has 0 unspecified atom stereocenters. The summed E-state index contributed by atoms with van der Waals surface area (Å²) in [5.41, 5.74) is 2.51. The standard InChI is InChI=1S/C20H22ClN5O3/c1-12-13(2)26-16-17(22-19(26)24(12)8-5-9-27)23(3)20(29)25(18(16)28)11-14-6-4-7-15(21)10-14/h4,6-7,10,27H,5,8-9,11H2,1-3H3. The van der Waals surface area contributed by atoms with Gasteiger partial charge in [-0.2, -0.15) is 4.98 Å². The molecule has 8 nitrogen and oxygen atoms in total. The van der Waals surface area contributed by atoms with Crippen LogP contribution in [0.25, 0.3) is 16.9 Å². The summed E-state index contributed by atoms with van der Waals surface area (Å²) in [5.74, 6) is 0.594. The molecule has 0 atom stereocenters. The van der Waals surface area contributed by atoms with Crippen molar-refractivity contribution in [3.63, 3.8) is 0 Å². The van der Waals surface area contributed by atoms with Gasteiger partial charge in [-0.05, 0) is 38.0 Å². The lowest BCUT2D eigenvalue weighted by Crippen LogP contribution is -2.39. The summed E-state index contributed by atoms with van der Waals surface area (Å²) in [4.78, 5) is 30.9. The van der Waals surface area contributed by atoms with Crippen molar-refractivity contribution in [2.24, 2.45) is 7.05 Å². The van der Waals surface area contributed by atoms with E-state index in [1.54, 1.807) is 29.6 Å². The molecule has 152 valence electrons. The van der Waals surface area contributed by atoms with Gasteiger partial charge in [0.1, 0.15) is 0 Å². The molecule has 0 spiro atoms. The third-order valence-electron chi connectivity index (χ3n) is 5.40. The minimum absolute atomic E-state index is 0.0635. The highest BCUT2D eigenvalue weighted by molar-refractivity contribution is 6.30. The maximum absolute atomic E-state index is 13.4. The van der Waals surface area contributed by atoms with E-state index in [1.807, 2.05) is 24.5 Å². The molecule has 0 amide bonds. The third-order valence-corrected chi connectivity index (χ3v) is 5.63. The number of fused-ring (bicyclic) bond motifs is 3. The zero-order valence-electron chi connectivity index (χ0n) is 16.5. The van der Waals surface area contributed by atoms with Crippen LogP contribution in [0.2, 0.25) is 5.02 Å². The van der Waals surface area contributed by atoms with E-state index >= 15 is 0 Å². The van der Waals surface area contributed by atoms with Gasteiger partial charge < -0.3 is 9.67 Å². The number of hydrogen-bond acceptors (Lipinski definition) is 4. The highest BCUT2D eigenvalue weighted by Gasteiger charge is 2.22. The number of aryl methyl sites for hydroxylation is 3. The Hall–Kier alpha value is -2.84. The Labute approximate surface area is 171 Å². The van der Waals surface area contributed by atoms with Crippen LogP contribution in [-0.4, -0.2) is 34.8 Å². The molecule has 0 saturated heterocycles. The maximum Gasteiger partial charge on any atom is 0.332 e. The molecule has 0 bridgehead atoms. The zero-order valence-corrected chi connectivity index (χ0v) is 17.3. The van der Waals surface area contributed by atoms with Crippen LogP contribution in [-0.2, 0) is 20.1 Å². The molecule has 0 aliphatic rings. The molecule has 3 heterocycles. The fourth-order valence-electron chi connectivity index (χ4n) is 3.77. The quantitative estimate of drug-likeness (QED) is 0.539. The molecule has 0 aliphatic heterocycles. The number of rotatable bonds is 5. The lowest BCUT2D eigenvalue weighted by atomic mass is 10.2. The summed E-state index contributed by atoms with van der Waals surface area (Å²) in [7, 11) is 1.62. The van der Waals surface area contributed by atoms with Gasteiger partial charge in [-0.15, -0.1) is 0 Å². The number of nitrogens with zero attached hydrogens (tertiary/aromatic N) is 5. The number of imidazole rings is 2. The van der Waals surface area contributed by atoms with Crippen LogP contribution in [0, 0.1) is 13.8 Å². The van der Waals surface area contributed by atoms with Crippen LogP contribution in [0.4, 0.5) is 0 Å². The highest BCUT2D eigenvalue weighted by Crippen LogP contribution is 2.21. The predicted molar refractivity (Wildman–Crippen MR) is 112 cm³/mol. The van der Waals surface area contributed by atoms with Crippen molar-refractivity contribution in [3.8, 4) is 0 Å². The smallest absolute Gasteiger partial charge is 0.332 e. The first-order valence-corrected chi connectivity index (χ1v) is 9.76. The number of aromatic nitrogens is 5. The van der Waals surface area contributed by atoms with E-state index in [0.29, 0.717) is 34.9 Å². The zero-order chi connectivity index (χ0) is 20.9. The average molecular weight is 416 g/mol. The summed E-state index contributed by atoms with van der Waals surface area (Å²) in [6.45, 7) is 4.64. The van der Waals surface area contributed by atoms with Crippen molar-refractivity contribution in [1.82, 2.24) is 23.1 Å². The van der Waals surface area contributed by atoms with E-state index in [1.165, 1.54) is 9.13 Å². The van der Waals surface area contributed by atoms with E-state index in [9.17, 15) is 14.7 Å². The number of halogens is 1. The minimum Gasteiger partial charge on any atom is -0.396 e. The lowest BCUT2D eigenvalue weighted by molar-refractivity contribution is 0.280. The van der Waals surface area contributed by atoms with Gasteiger partial charge in [0, 0.05) is 36.6 Å². The predicted octanol–water partition coefficient (Wildman–Crippen LogP) is 1.85. The van der Waals surface area contributed by atoms with Crippen molar-refractivity contribution in [3.05, 3.63) is 67.1 Å². The molecule has 0 saturated carbocycles. The molecule has 29 heavy (non-hydrogen) atoms. The summed E-state index contributed by atoms with van der Waals surface area (Å²) in [5, 5.41) is 9.76. The molecule has 0 aliphatic carbocycles. The topological polar surface area (TPSA) is 86.5 Å². The van der Waals surface area contributed by atoms with Crippen LogP contribution in [0.5, 0.6) is 0 Å². The summed E-state index contributed by atoms with van der Waals surface area (Å²) in [6, 6.07) is 7.10. The second-order valence-electron chi connectivity index (χ2n) is 7.18. The third kappa shape index (κ3) is 2.99. The van der Waals surface area contributed by atoms with Gasteiger partial charge in [0.25, 0.3) is 5.56 Å². The first kappa shape index (κ1) is 19.5. The van der Waals surface area contributed by atoms with Gasteiger partial charge in [0.05, 0.1) is 6.54 Å². The Morgan fingerprint density at radius 3 is 2.59 bits per heavy atom. The molecular weight excluding hydrogens is 394 g/mol. The summed E-state index contributed by atoms with van der Waals surface area (Å²) < 4.78 is 6.39. The summed E-state index contributed by atoms with van der Waals surface area (Å²) in [6.07, 6.45) is 0.575. The van der Waals surface area contributed by atoms with Gasteiger partial charge in [-0.1, -0.05) is 23.7 Å². The molecule has 4 rings (SSSR count). The van der Waals surface area contributed by atoms with Crippen molar-refractivity contribution in [2.75, 3.05) is 6.61 Å². The molecule has 0 fully saturated rings. The molecule has 9 heteroatoms. The van der Waals surface area contributed by atoms with E-state index < -0.39 is 11.2 Å². The van der Waals surface area contributed by atoms with E-state index in [-0.39, 0.29) is 13.2 Å². The van der Waals surface area contributed by atoms with Crippen LogP contribution < -0.4 is 11.2 Å². The van der Waals surface area contributed by atoms with Crippen LogP contribution in [0.1, 0.15) is 23.4 Å². The number of hydrogen-bond donors (Lipinski definition) is 1. The Morgan fingerprint density at radius 2 is 1.90 bits per heavy atom. The first-order valence-electron chi connectivity index (χ1n) is 9.38. The van der Waals surface area contributed by atoms with Gasteiger partial charge in [0.2, 0.25) is 5.78 Å². The molecule has 3 aromatic heterocycles. The Bertz CT molecular complexity index is 1360. The number of aliphatic hydroxyl groups is 1. The molecular formula is C20H22ClN5O3. The number of benzene rings is 1. The van der Waals surface area contributed by atoms with Gasteiger partial charge >= 0.3 is 5.69 Å². The maximum atomic E-state index is 13.4. The monoisotopic (exact) mass is 415 g/mol. The van der Waals surface area contributed by atoms with Crippen molar-refractivity contribution in [1.29, 1.82) is 0 Å². The van der Waals surface area contributed by atoms with Crippen molar-refractivity contribution in [2.45, 2.75) is 33.4 Å². The second kappa shape index (κ2) is 7.20. The van der Waals surface area contributed by atoms with Gasteiger partial charge in [0.15, 0.2) is 11.2 Å². The Kier molecular flexibility index (Phi) is 4.84. The normalized spacial score (nSPS) is 11.8. The summed E-state index contributed by atoms with van der Waals surface area (Å²) >= 11 is 6.05. The number of aliphatic hydroxyl groups excluding tert-OH is 1. The van der Waals surface area contributed by atoms with Crippen LogP contribution in [0.3, 0.4) is 0 Å². The fraction of sp³-hybridized carbons (Fsp3) is 0.350. The van der Waals surface area contributed by atoms with Crippen molar-refractivity contribution < 1.29 is 5.11 Å². The lowest BCUT2D eigenvalue weighted by Gasteiger charge is -2.09. The van der Waals surface area contributed by atoms with Crippen molar-refractivity contribution >= 4 is 28.5 Å². The largest absolute Gasteiger partial charge is 0.396 e. The highest BCUT2D eigenvalue weighted by atomic mass is 35.5. The van der Waals surface area contributed by atoms with E-state index in [0.717, 1.165) is 17.0 Å². The Morgan fingerprint density at radius 1 is 1.14 bits per heavy atom. The van der Waals surface area contributed by atoms with Gasteiger partial charge in [-0.25, -0.2) is 4.79 Å². The van der Waals surface area contributed by atoms with Crippen LogP contribution in [0.15, 0.2) is 33.9 Å². The fourth-order valence-corrected chi connectivity index (χ4v) is 3.98. The van der Waals surface area contributed by atoms with Gasteiger partial charge in [-0.3, -0.25) is 18.3 Å². The Balaban J connectivity index is 2.02. The molecule has 1 N–H and O–H groups in total.